The van der Waals surface area contributed by atoms with Crippen molar-refractivity contribution in [3.05, 3.63) is 102 Å². The molecule has 3 nitrogen and oxygen atoms in total. The van der Waals surface area contributed by atoms with Crippen molar-refractivity contribution < 1.29 is 8.42 Å². The molecule has 0 N–H and O–H groups in total. The van der Waals surface area contributed by atoms with Crippen molar-refractivity contribution in [2.24, 2.45) is 4.40 Å². The van der Waals surface area contributed by atoms with E-state index >= 15 is 0 Å². The number of rotatable bonds is 4. The maximum absolute atomic E-state index is 12.7. The first kappa shape index (κ1) is 18.5. The summed E-state index contributed by atoms with van der Waals surface area (Å²) in [4.78, 5) is 0.152. The zero-order valence-electron chi connectivity index (χ0n) is 13.6. The lowest BCUT2D eigenvalue weighted by Crippen LogP contribution is -2.06. The fourth-order valence-electron chi connectivity index (χ4n) is 2.19. The van der Waals surface area contributed by atoms with Gasteiger partial charge in [-0.15, -0.1) is 0 Å². The van der Waals surface area contributed by atoms with Gasteiger partial charge in [-0.1, -0.05) is 103 Å². The minimum atomic E-state index is -3.83. The van der Waals surface area contributed by atoms with E-state index in [4.69, 9.17) is 12.2 Å². The van der Waals surface area contributed by atoms with Crippen molar-refractivity contribution in [1.82, 2.24) is 0 Å². The summed E-state index contributed by atoms with van der Waals surface area (Å²) in [6.45, 7) is 0. The monoisotopic (exact) mass is 397 g/mol. The van der Waals surface area contributed by atoms with E-state index < -0.39 is 10.0 Å². The summed E-state index contributed by atoms with van der Waals surface area (Å²) in [5.74, 6) is 0. The first-order chi connectivity index (χ1) is 12.6. The number of hydrogen-bond acceptors (Lipinski definition) is 4. The Morgan fingerprint density at radius 1 is 0.731 bits per heavy atom. The molecule has 6 heteroatoms. The van der Waals surface area contributed by atoms with Gasteiger partial charge in [0.1, 0.15) is 5.04 Å². The summed E-state index contributed by atoms with van der Waals surface area (Å²) in [5.41, 5.74) is 1.56. The molecule has 0 radical (unpaired) electrons. The average molecular weight is 398 g/mol. The van der Waals surface area contributed by atoms with Crippen LogP contribution < -0.4 is 0 Å². The lowest BCUT2D eigenvalue weighted by atomic mass is 10.2. The Hall–Kier alpha value is -2.28. The maximum Gasteiger partial charge on any atom is 0.283 e. The van der Waals surface area contributed by atoms with Crippen LogP contribution in [0.1, 0.15) is 11.1 Å². The van der Waals surface area contributed by atoms with Crippen LogP contribution in [-0.2, 0) is 10.0 Å². The molecule has 0 aliphatic rings. The molecule has 130 valence electrons. The predicted molar refractivity (Wildman–Crippen MR) is 112 cm³/mol. The topological polar surface area (TPSA) is 46.5 Å². The second kappa shape index (κ2) is 8.40. The smallest absolute Gasteiger partial charge is 0.199 e. The van der Waals surface area contributed by atoms with Crippen LogP contribution in [0, 0.1) is 0 Å². The third-order valence-corrected chi connectivity index (χ3v) is 6.30. The summed E-state index contributed by atoms with van der Waals surface area (Å²) in [5, 5.41) is 0.350. The largest absolute Gasteiger partial charge is 0.283 e. The summed E-state index contributed by atoms with van der Waals surface area (Å²) in [7, 11) is -3.83. The van der Waals surface area contributed by atoms with Crippen LogP contribution in [0.3, 0.4) is 0 Å². The first-order valence-corrected chi connectivity index (χ1v) is 10.5. The highest BCUT2D eigenvalue weighted by Crippen LogP contribution is 2.23. The second-order valence-corrected chi connectivity index (χ2v) is 8.58. The zero-order valence-corrected chi connectivity index (χ0v) is 16.1. The van der Waals surface area contributed by atoms with Gasteiger partial charge in [0.2, 0.25) is 0 Å². The number of hydrogen-bond donors (Lipinski definition) is 0. The quantitative estimate of drug-likeness (QED) is 0.356. The molecule has 0 fully saturated rings. The molecule has 3 rings (SSSR count). The zero-order chi connectivity index (χ0) is 18.4. The molecule has 3 aromatic rings. The molecule has 26 heavy (non-hydrogen) atoms. The number of nitrogens with zero attached hydrogens (tertiary/aromatic N) is 1. The van der Waals surface area contributed by atoms with Gasteiger partial charge in [0.15, 0.2) is 0 Å². The summed E-state index contributed by atoms with van der Waals surface area (Å²) in [6.07, 6.45) is 0. The highest BCUT2D eigenvalue weighted by Gasteiger charge is 2.17. The van der Waals surface area contributed by atoms with Crippen LogP contribution in [0.15, 0.2) is 100 Å². The molecule has 0 amide bonds. The Morgan fingerprint density at radius 3 is 1.73 bits per heavy atom. The Morgan fingerprint density at radius 2 is 1.19 bits per heavy atom. The Kier molecular flexibility index (Phi) is 5.98. The molecular formula is C20H15NO2S3. The molecule has 0 aliphatic heterocycles. The van der Waals surface area contributed by atoms with Crippen molar-refractivity contribution in [2.45, 2.75) is 4.90 Å². The number of thiocarbonyl (C=S) groups is 1. The van der Waals surface area contributed by atoms with Crippen molar-refractivity contribution in [2.75, 3.05) is 0 Å². The third-order valence-electron chi connectivity index (χ3n) is 3.46. The van der Waals surface area contributed by atoms with Crippen molar-refractivity contribution in [3.8, 4) is 0 Å². The molecule has 0 atom stereocenters. The Balaban J connectivity index is 2.01. The van der Waals surface area contributed by atoms with E-state index in [1.807, 2.05) is 60.7 Å². The van der Waals surface area contributed by atoms with Crippen LogP contribution in [0.2, 0.25) is 0 Å². The van der Waals surface area contributed by atoms with Crippen molar-refractivity contribution in [1.29, 1.82) is 0 Å². The van der Waals surface area contributed by atoms with Crippen LogP contribution in [0.25, 0.3) is 0 Å². The van der Waals surface area contributed by atoms with E-state index in [2.05, 4.69) is 4.40 Å². The van der Waals surface area contributed by atoms with E-state index in [0.717, 1.165) is 5.56 Å². The van der Waals surface area contributed by atoms with Gasteiger partial charge in [0.05, 0.1) is 9.09 Å². The first-order valence-electron chi connectivity index (χ1n) is 7.79. The van der Waals surface area contributed by atoms with Gasteiger partial charge in [0, 0.05) is 5.56 Å². The molecule has 0 aliphatic carbocycles. The lowest BCUT2D eigenvalue weighted by molar-refractivity contribution is 0.598. The molecule has 0 bridgehead atoms. The second-order valence-electron chi connectivity index (χ2n) is 5.31. The number of sulfonamides is 1. The van der Waals surface area contributed by atoms with Crippen molar-refractivity contribution >= 4 is 43.2 Å². The number of thioether (sulfide) groups is 1. The minimum Gasteiger partial charge on any atom is -0.199 e. The van der Waals surface area contributed by atoms with E-state index in [-0.39, 0.29) is 4.90 Å². The van der Waals surface area contributed by atoms with Gasteiger partial charge in [-0.05, 0) is 17.7 Å². The Labute approximate surface area is 162 Å². The highest BCUT2D eigenvalue weighted by atomic mass is 32.2. The average Bonchev–Trinajstić information content (AvgIpc) is 2.69. The van der Waals surface area contributed by atoms with E-state index in [9.17, 15) is 8.42 Å². The van der Waals surface area contributed by atoms with Gasteiger partial charge in [0.25, 0.3) is 10.0 Å². The van der Waals surface area contributed by atoms with Gasteiger partial charge in [-0.25, -0.2) is 0 Å². The van der Waals surface area contributed by atoms with Crippen molar-refractivity contribution in [3.63, 3.8) is 0 Å². The standard InChI is InChI=1S/C20H15NO2S3/c22-26(23,18-14-8-3-9-15-18)21-19(16-10-4-1-5-11-16)25-20(24)17-12-6-2-7-13-17/h1-15H/b21-19+. The van der Waals surface area contributed by atoms with Gasteiger partial charge < -0.3 is 0 Å². The normalized spacial score (nSPS) is 11.9. The number of benzene rings is 3. The molecule has 0 spiro atoms. The summed E-state index contributed by atoms with van der Waals surface area (Å²) < 4.78 is 30.0. The fourth-order valence-corrected chi connectivity index (χ4v) is 4.62. The molecule has 0 unspecified atom stereocenters. The van der Waals surface area contributed by atoms with Crippen LogP contribution in [0.4, 0.5) is 0 Å². The fraction of sp³-hybridized carbons (Fsp3) is 0. The van der Waals surface area contributed by atoms with E-state index in [1.165, 1.54) is 23.9 Å². The lowest BCUT2D eigenvalue weighted by Gasteiger charge is -2.08. The molecule has 0 heterocycles. The SMILES string of the molecule is O=S(=O)(/N=C(/SC(=S)c1ccccc1)c1ccccc1)c1ccccc1. The summed E-state index contributed by atoms with van der Waals surface area (Å²) >= 11 is 6.66. The van der Waals surface area contributed by atoms with Crippen LogP contribution in [-0.4, -0.2) is 17.7 Å². The van der Waals surface area contributed by atoms with E-state index in [1.54, 1.807) is 18.2 Å². The maximum atomic E-state index is 12.7. The molecule has 0 saturated heterocycles. The molecule has 0 saturated carbocycles. The minimum absolute atomic E-state index is 0.152. The summed E-state index contributed by atoms with van der Waals surface area (Å²) in [6, 6.07) is 26.8. The highest BCUT2D eigenvalue weighted by molar-refractivity contribution is 8.34. The Bertz CT molecular complexity index is 1020. The molecule has 0 aromatic heterocycles. The predicted octanol–water partition coefficient (Wildman–Crippen LogP) is 4.93. The van der Waals surface area contributed by atoms with Gasteiger partial charge >= 0.3 is 0 Å². The third kappa shape index (κ3) is 4.66. The van der Waals surface area contributed by atoms with Gasteiger partial charge in [-0.2, -0.15) is 12.8 Å². The van der Waals surface area contributed by atoms with E-state index in [0.29, 0.717) is 14.8 Å². The molecular weight excluding hydrogens is 382 g/mol. The van der Waals surface area contributed by atoms with Crippen LogP contribution >= 0.6 is 24.0 Å². The van der Waals surface area contributed by atoms with Crippen LogP contribution in [0.5, 0.6) is 0 Å². The molecule has 3 aromatic carbocycles. The van der Waals surface area contributed by atoms with Gasteiger partial charge in [-0.3, -0.25) is 0 Å².